The van der Waals surface area contributed by atoms with E-state index in [9.17, 15) is 10.2 Å². The summed E-state index contributed by atoms with van der Waals surface area (Å²) in [6.45, 7) is 3.51. The van der Waals surface area contributed by atoms with Crippen molar-refractivity contribution in [2.45, 2.75) is 6.92 Å². The second-order valence-corrected chi connectivity index (χ2v) is 7.30. The van der Waals surface area contributed by atoms with Gasteiger partial charge >= 0.3 is 0 Å². The average molecular weight is 450 g/mol. The number of benzene rings is 2. The Kier molecular flexibility index (Phi) is 8.63. The molecule has 0 spiro atoms. The van der Waals surface area contributed by atoms with E-state index in [0.29, 0.717) is 31.1 Å². The lowest BCUT2D eigenvalue weighted by Gasteiger charge is -2.23. The molecule has 0 unspecified atom stereocenters. The molecule has 8 heteroatoms. The van der Waals surface area contributed by atoms with E-state index in [2.05, 4.69) is 10.3 Å². The summed E-state index contributed by atoms with van der Waals surface area (Å²) < 4.78 is 5.50. The second kappa shape index (κ2) is 11.8. The number of ether oxygens (including phenoxy) is 1. The number of aliphatic hydroxyl groups excluding tert-OH is 2. The molecule has 2 aromatic carbocycles. The molecule has 0 saturated heterocycles. The van der Waals surface area contributed by atoms with Crippen LogP contribution in [-0.4, -0.2) is 61.6 Å². The van der Waals surface area contributed by atoms with Crippen LogP contribution in [0.5, 0.6) is 5.75 Å². The number of hydrogen-bond acceptors (Lipinski definition) is 8. The van der Waals surface area contributed by atoms with Crippen molar-refractivity contribution in [3.05, 3.63) is 72.1 Å². The predicted octanol–water partition coefficient (Wildman–Crippen LogP) is 2.87. The Hall–Kier alpha value is -3.62. The van der Waals surface area contributed by atoms with Crippen LogP contribution in [0.2, 0.25) is 0 Å². The van der Waals surface area contributed by atoms with Crippen LogP contribution in [0.1, 0.15) is 6.92 Å². The fourth-order valence-electron chi connectivity index (χ4n) is 3.42. The number of aliphatic hydroxyl groups is 2. The van der Waals surface area contributed by atoms with Gasteiger partial charge in [0, 0.05) is 31.5 Å². The summed E-state index contributed by atoms with van der Waals surface area (Å²) in [6, 6.07) is 15.3. The van der Waals surface area contributed by atoms with Crippen molar-refractivity contribution in [1.82, 2.24) is 0 Å². The van der Waals surface area contributed by atoms with Crippen molar-refractivity contribution in [3.63, 3.8) is 0 Å². The van der Waals surface area contributed by atoms with Gasteiger partial charge in [-0.25, -0.2) is 4.99 Å². The number of nitrogens with two attached hydrogens (primary N) is 1. The summed E-state index contributed by atoms with van der Waals surface area (Å²) in [5.41, 5.74) is 11.5. The molecule has 3 rings (SSSR count). The molecular formula is C25H31N5O3. The summed E-state index contributed by atoms with van der Waals surface area (Å²) in [4.78, 5) is 10.9. The first-order valence-corrected chi connectivity index (χ1v) is 10.9. The summed E-state index contributed by atoms with van der Waals surface area (Å²) in [5.74, 6) is 0.816. The molecule has 2 aromatic rings. The van der Waals surface area contributed by atoms with E-state index in [1.807, 2.05) is 66.4 Å². The zero-order valence-electron chi connectivity index (χ0n) is 19.0. The third-order valence-electron chi connectivity index (χ3n) is 5.03. The van der Waals surface area contributed by atoms with Crippen molar-refractivity contribution in [2.24, 2.45) is 15.7 Å². The maximum Gasteiger partial charge on any atom is 0.119 e. The van der Waals surface area contributed by atoms with E-state index in [-0.39, 0.29) is 13.2 Å². The van der Waals surface area contributed by atoms with Gasteiger partial charge in [-0.1, -0.05) is 0 Å². The van der Waals surface area contributed by atoms with Gasteiger partial charge in [0.15, 0.2) is 0 Å². The Morgan fingerprint density at radius 2 is 1.61 bits per heavy atom. The van der Waals surface area contributed by atoms with Gasteiger partial charge in [-0.15, -0.1) is 0 Å². The quantitative estimate of drug-likeness (QED) is 0.415. The molecule has 0 saturated carbocycles. The van der Waals surface area contributed by atoms with Crippen LogP contribution in [0.4, 0.5) is 17.1 Å². The number of allylic oxidation sites excluding steroid dienone is 2. The number of anilines is 2. The fraction of sp³-hybridized carbons (Fsp3) is 0.280. The van der Waals surface area contributed by atoms with Gasteiger partial charge < -0.3 is 30.9 Å². The third kappa shape index (κ3) is 6.44. The molecule has 0 aromatic heterocycles. The van der Waals surface area contributed by atoms with Crippen LogP contribution in [0.25, 0.3) is 0 Å². The van der Waals surface area contributed by atoms with Gasteiger partial charge in [0.2, 0.25) is 0 Å². The molecule has 0 heterocycles. The largest absolute Gasteiger partial charge is 0.494 e. The first kappa shape index (κ1) is 24.0. The summed E-state index contributed by atoms with van der Waals surface area (Å²) in [6.07, 6.45) is 3.68. The average Bonchev–Trinajstić information content (AvgIpc) is 2.83. The van der Waals surface area contributed by atoms with Crippen molar-refractivity contribution < 1.29 is 14.9 Å². The number of rotatable bonds is 10. The molecule has 0 atom stereocenters. The smallest absolute Gasteiger partial charge is 0.119 e. The maximum absolute atomic E-state index is 9.24. The van der Waals surface area contributed by atoms with Crippen LogP contribution >= 0.6 is 0 Å². The van der Waals surface area contributed by atoms with Crippen LogP contribution in [-0.2, 0) is 0 Å². The van der Waals surface area contributed by atoms with Crippen LogP contribution in [0.3, 0.4) is 0 Å². The summed E-state index contributed by atoms with van der Waals surface area (Å²) >= 11 is 0. The van der Waals surface area contributed by atoms with Gasteiger partial charge in [-0.05, 0) is 67.6 Å². The van der Waals surface area contributed by atoms with E-state index >= 15 is 0 Å². The lowest BCUT2D eigenvalue weighted by molar-refractivity contribution is 0.281. The molecule has 5 N–H and O–H groups in total. The normalized spacial score (nSPS) is 15.9. The SMILES string of the molecule is CCOc1ccc(NC2=CC(=Nc3ccc(N(CCO)CCO)cc3)C(N)=CC2=NC)cc1. The minimum absolute atomic E-state index is 0.0155. The molecule has 174 valence electrons. The van der Waals surface area contributed by atoms with Crippen molar-refractivity contribution >= 4 is 28.5 Å². The highest BCUT2D eigenvalue weighted by molar-refractivity contribution is 6.24. The molecule has 1 aliphatic carbocycles. The monoisotopic (exact) mass is 449 g/mol. The highest BCUT2D eigenvalue weighted by Gasteiger charge is 2.16. The maximum atomic E-state index is 9.24. The summed E-state index contributed by atoms with van der Waals surface area (Å²) in [5, 5.41) is 21.9. The van der Waals surface area contributed by atoms with Crippen molar-refractivity contribution in [3.8, 4) is 5.75 Å². The van der Waals surface area contributed by atoms with Crippen LogP contribution < -0.4 is 20.7 Å². The molecule has 0 bridgehead atoms. The van der Waals surface area contributed by atoms with Gasteiger partial charge in [-0.3, -0.25) is 4.99 Å². The topological polar surface area (TPSA) is 116 Å². The Morgan fingerprint density at radius 1 is 0.939 bits per heavy atom. The molecule has 0 amide bonds. The highest BCUT2D eigenvalue weighted by Crippen LogP contribution is 2.23. The van der Waals surface area contributed by atoms with E-state index in [1.54, 1.807) is 13.1 Å². The Bertz CT molecular complexity index is 1030. The summed E-state index contributed by atoms with van der Waals surface area (Å²) in [7, 11) is 1.72. The van der Waals surface area contributed by atoms with Gasteiger partial charge in [0.1, 0.15) is 5.75 Å². The lowest BCUT2D eigenvalue weighted by Crippen LogP contribution is -2.29. The van der Waals surface area contributed by atoms with Crippen molar-refractivity contribution in [1.29, 1.82) is 0 Å². The van der Waals surface area contributed by atoms with E-state index in [0.717, 1.165) is 34.2 Å². The molecule has 1 aliphatic rings. The zero-order valence-corrected chi connectivity index (χ0v) is 19.0. The van der Waals surface area contributed by atoms with E-state index < -0.39 is 0 Å². The molecule has 8 nitrogen and oxygen atoms in total. The predicted molar refractivity (Wildman–Crippen MR) is 135 cm³/mol. The first-order valence-electron chi connectivity index (χ1n) is 10.9. The van der Waals surface area contributed by atoms with E-state index in [4.69, 9.17) is 15.5 Å². The van der Waals surface area contributed by atoms with Crippen molar-refractivity contribution in [2.75, 3.05) is 50.2 Å². The highest BCUT2D eigenvalue weighted by atomic mass is 16.5. The molecule has 0 aliphatic heterocycles. The Morgan fingerprint density at radius 3 is 2.18 bits per heavy atom. The number of aliphatic imine (C=N–C) groups is 2. The molecule has 0 fully saturated rings. The number of hydrogen-bond donors (Lipinski definition) is 4. The van der Waals surface area contributed by atoms with Gasteiger partial charge in [-0.2, -0.15) is 0 Å². The fourth-order valence-corrected chi connectivity index (χ4v) is 3.42. The number of nitrogens with one attached hydrogen (secondary N) is 1. The molecular weight excluding hydrogens is 418 g/mol. The number of nitrogens with zero attached hydrogens (tertiary/aromatic N) is 3. The standard InChI is InChI=1S/C25H31N5O3/c1-3-33-21-10-6-19(7-11-21)29-25-17-23(22(26)16-24(25)27-2)28-18-4-8-20(9-5-18)30(12-14-31)13-15-32/h4-11,16-17,29,31-32H,3,12-15,26H2,1-2H3. The van der Waals surface area contributed by atoms with Crippen LogP contribution in [0.15, 0.2) is 82.1 Å². The Labute approximate surface area is 194 Å². The molecule has 33 heavy (non-hydrogen) atoms. The minimum atomic E-state index is 0.0155. The van der Waals surface area contributed by atoms with Gasteiger partial charge in [0.25, 0.3) is 0 Å². The minimum Gasteiger partial charge on any atom is -0.494 e. The lowest BCUT2D eigenvalue weighted by atomic mass is 10.0. The van der Waals surface area contributed by atoms with Crippen LogP contribution in [0, 0.1) is 0 Å². The second-order valence-electron chi connectivity index (χ2n) is 7.30. The first-order chi connectivity index (χ1) is 16.1. The zero-order chi connectivity index (χ0) is 23.6. The van der Waals surface area contributed by atoms with E-state index in [1.165, 1.54) is 0 Å². The molecule has 0 radical (unpaired) electrons. The Balaban J connectivity index is 1.83. The third-order valence-corrected chi connectivity index (χ3v) is 5.03. The van der Waals surface area contributed by atoms with Gasteiger partial charge in [0.05, 0.1) is 48.3 Å².